The molecule has 1 aliphatic carbocycles. The number of ether oxygens (including phenoxy) is 4. The fraction of sp³-hybridized carbons (Fsp3) is 0.708. The number of methoxy groups -OCH3 is 1. The number of nitrogens with one attached hydrogen (secondary N) is 1. The van der Waals surface area contributed by atoms with Gasteiger partial charge < -0.3 is 29.2 Å². The van der Waals surface area contributed by atoms with Crippen molar-refractivity contribution in [1.82, 2.24) is 10.2 Å². The molecule has 1 N–H and O–H groups in total. The Balaban J connectivity index is 1.43. The number of hydrogen-bond donors (Lipinski definition) is 1. The van der Waals surface area contributed by atoms with Gasteiger partial charge >= 0.3 is 0 Å². The molecular weight excluding hydrogens is 394 g/mol. The van der Waals surface area contributed by atoms with Crippen molar-refractivity contribution in [3.8, 4) is 11.5 Å². The van der Waals surface area contributed by atoms with Crippen LogP contribution in [0.5, 0.6) is 11.5 Å². The van der Waals surface area contributed by atoms with Gasteiger partial charge in [-0.15, -0.1) is 0 Å². The number of rotatable bonds is 7. The van der Waals surface area contributed by atoms with Crippen molar-refractivity contribution in [2.75, 3.05) is 40.0 Å². The minimum Gasteiger partial charge on any atom is -0.493 e. The molecule has 1 aromatic rings. The third kappa shape index (κ3) is 5.83. The third-order valence-corrected chi connectivity index (χ3v) is 6.34. The van der Waals surface area contributed by atoms with Crippen LogP contribution in [0.15, 0.2) is 23.2 Å². The molecule has 3 aliphatic rings. The van der Waals surface area contributed by atoms with E-state index < -0.39 is 0 Å². The highest BCUT2D eigenvalue weighted by Crippen LogP contribution is 2.32. The van der Waals surface area contributed by atoms with Gasteiger partial charge in [0.25, 0.3) is 0 Å². The predicted molar refractivity (Wildman–Crippen MR) is 121 cm³/mol. The number of hydrogen-bond acceptors (Lipinski definition) is 5. The van der Waals surface area contributed by atoms with Crippen LogP contribution in [0.4, 0.5) is 0 Å². The normalized spacial score (nSPS) is 25.1. The lowest BCUT2D eigenvalue weighted by atomic mass is 10.1. The number of benzene rings is 1. The molecule has 7 nitrogen and oxygen atoms in total. The molecule has 2 atom stereocenters. The first-order valence-electron chi connectivity index (χ1n) is 11.9. The van der Waals surface area contributed by atoms with Gasteiger partial charge in [0.15, 0.2) is 17.5 Å². The molecule has 2 heterocycles. The van der Waals surface area contributed by atoms with E-state index in [1.165, 1.54) is 12.8 Å². The Morgan fingerprint density at radius 3 is 2.68 bits per heavy atom. The highest BCUT2D eigenvalue weighted by Gasteiger charge is 2.32. The molecule has 7 heteroatoms. The zero-order valence-electron chi connectivity index (χ0n) is 19.0. The molecule has 0 radical (unpaired) electrons. The summed E-state index contributed by atoms with van der Waals surface area (Å²) >= 11 is 0. The fourth-order valence-corrected chi connectivity index (χ4v) is 4.68. The van der Waals surface area contributed by atoms with Crippen molar-refractivity contribution in [3.63, 3.8) is 0 Å². The maximum Gasteiger partial charge on any atom is 0.194 e. The summed E-state index contributed by atoms with van der Waals surface area (Å²) in [5, 5.41) is 3.45. The average molecular weight is 432 g/mol. The maximum absolute atomic E-state index is 6.25. The molecule has 2 aliphatic heterocycles. The molecule has 2 saturated heterocycles. The van der Waals surface area contributed by atoms with Crippen LogP contribution in [-0.2, 0) is 16.0 Å². The summed E-state index contributed by atoms with van der Waals surface area (Å²) in [4.78, 5) is 7.24. The predicted octanol–water partition coefficient (Wildman–Crippen LogP) is 3.36. The highest BCUT2D eigenvalue weighted by atomic mass is 16.5. The molecule has 0 spiro atoms. The monoisotopic (exact) mass is 431 g/mol. The molecule has 0 bridgehead atoms. The molecule has 0 amide bonds. The lowest BCUT2D eigenvalue weighted by molar-refractivity contribution is -0.0817. The van der Waals surface area contributed by atoms with Crippen molar-refractivity contribution in [1.29, 1.82) is 0 Å². The van der Waals surface area contributed by atoms with E-state index in [2.05, 4.69) is 29.3 Å². The van der Waals surface area contributed by atoms with E-state index in [-0.39, 0.29) is 12.2 Å². The van der Waals surface area contributed by atoms with Crippen molar-refractivity contribution >= 4 is 5.96 Å². The molecule has 172 valence electrons. The van der Waals surface area contributed by atoms with Gasteiger partial charge in [-0.3, -0.25) is 0 Å². The first-order valence-corrected chi connectivity index (χ1v) is 11.9. The van der Waals surface area contributed by atoms with E-state index in [1.807, 2.05) is 6.07 Å². The molecule has 2 unspecified atom stereocenters. The van der Waals surface area contributed by atoms with Crippen LogP contribution in [0.2, 0.25) is 0 Å². The van der Waals surface area contributed by atoms with Crippen molar-refractivity contribution in [2.45, 2.75) is 70.3 Å². The van der Waals surface area contributed by atoms with Crippen molar-refractivity contribution < 1.29 is 18.9 Å². The van der Waals surface area contributed by atoms with E-state index >= 15 is 0 Å². The Morgan fingerprint density at radius 2 is 1.94 bits per heavy atom. The van der Waals surface area contributed by atoms with E-state index in [9.17, 15) is 0 Å². The van der Waals surface area contributed by atoms with Gasteiger partial charge in [-0.25, -0.2) is 4.99 Å². The number of nitrogens with zero attached hydrogens (tertiary/aromatic N) is 2. The minimum absolute atomic E-state index is 0.118. The highest BCUT2D eigenvalue weighted by molar-refractivity contribution is 5.80. The summed E-state index contributed by atoms with van der Waals surface area (Å²) in [6.07, 6.45) is 7.58. The summed E-state index contributed by atoms with van der Waals surface area (Å²) in [5.74, 6) is 2.55. The SMILES string of the molecule is CCNC(=NCc1ccc(OC)c(OC2CCCC2)c1)N1CCOC(C2CCCO2)C1. The second-order valence-electron chi connectivity index (χ2n) is 8.59. The first kappa shape index (κ1) is 22.2. The van der Waals surface area contributed by atoms with Crippen LogP contribution in [-0.4, -0.2) is 69.1 Å². The Hall–Kier alpha value is -1.99. The van der Waals surface area contributed by atoms with E-state index in [1.54, 1.807) is 7.11 Å². The quantitative estimate of drug-likeness (QED) is 0.528. The zero-order chi connectivity index (χ0) is 21.5. The largest absolute Gasteiger partial charge is 0.493 e. The van der Waals surface area contributed by atoms with Crippen LogP contribution in [0.1, 0.15) is 51.0 Å². The summed E-state index contributed by atoms with van der Waals surface area (Å²) < 4.78 is 23.6. The minimum atomic E-state index is 0.118. The van der Waals surface area contributed by atoms with Gasteiger partial charge in [0, 0.05) is 26.2 Å². The Kier molecular flexibility index (Phi) is 7.92. The van der Waals surface area contributed by atoms with Crippen LogP contribution in [0.3, 0.4) is 0 Å². The van der Waals surface area contributed by atoms with Gasteiger partial charge in [-0.1, -0.05) is 6.07 Å². The molecule has 31 heavy (non-hydrogen) atoms. The van der Waals surface area contributed by atoms with Gasteiger partial charge in [0.1, 0.15) is 6.10 Å². The van der Waals surface area contributed by atoms with Crippen molar-refractivity contribution in [2.24, 2.45) is 4.99 Å². The third-order valence-electron chi connectivity index (χ3n) is 6.34. The first-order chi connectivity index (χ1) is 15.3. The topological polar surface area (TPSA) is 64.6 Å². The van der Waals surface area contributed by atoms with Gasteiger partial charge in [0.2, 0.25) is 0 Å². The summed E-state index contributed by atoms with van der Waals surface area (Å²) in [6, 6.07) is 6.14. The number of guanidine groups is 1. The summed E-state index contributed by atoms with van der Waals surface area (Å²) in [6.45, 7) is 6.74. The maximum atomic E-state index is 6.25. The zero-order valence-corrected chi connectivity index (χ0v) is 19.0. The van der Waals surface area contributed by atoms with Gasteiger partial charge in [0.05, 0.1) is 32.5 Å². The van der Waals surface area contributed by atoms with Crippen molar-refractivity contribution in [3.05, 3.63) is 23.8 Å². The molecule has 1 saturated carbocycles. The average Bonchev–Trinajstić information content (AvgIpc) is 3.51. The Morgan fingerprint density at radius 1 is 1.10 bits per heavy atom. The van der Waals surface area contributed by atoms with Crippen LogP contribution < -0.4 is 14.8 Å². The Labute approximate surface area is 186 Å². The van der Waals surface area contributed by atoms with Gasteiger partial charge in [-0.05, 0) is 63.1 Å². The lowest BCUT2D eigenvalue weighted by Gasteiger charge is -2.37. The fourth-order valence-electron chi connectivity index (χ4n) is 4.68. The second-order valence-corrected chi connectivity index (χ2v) is 8.59. The van der Waals surface area contributed by atoms with Crippen LogP contribution >= 0.6 is 0 Å². The van der Waals surface area contributed by atoms with E-state index in [4.69, 9.17) is 23.9 Å². The molecule has 3 fully saturated rings. The summed E-state index contributed by atoms with van der Waals surface area (Å²) in [5.41, 5.74) is 1.12. The van der Waals surface area contributed by atoms with Gasteiger partial charge in [-0.2, -0.15) is 0 Å². The number of aliphatic imine (C=N–C) groups is 1. The molecule has 1 aromatic carbocycles. The molecule has 4 rings (SSSR count). The van der Waals surface area contributed by atoms with Crippen LogP contribution in [0, 0.1) is 0 Å². The summed E-state index contributed by atoms with van der Waals surface area (Å²) in [7, 11) is 1.70. The lowest BCUT2D eigenvalue weighted by Crippen LogP contribution is -2.53. The molecule has 0 aromatic heterocycles. The molecular formula is C24H37N3O4. The van der Waals surface area contributed by atoms with E-state index in [0.29, 0.717) is 19.3 Å². The van der Waals surface area contributed by atoms with Crippen LogP contribution in [0.25, 0.3) is 0 Å². The Bertz CT molecular complexity index is 730. The standard InChI is InChI=1S/C24H37N3O4/c1-3-25-24(27-12-14-30-23(17-27)21-9-6-13-29-21)26-16-18-10-11-20(28-2)22(15-18)31-19-7-4-5-8-19/h10-11,15,19,21,23H,3-9,12-14,16-17H2,1-2H3,(H,25,26). The smallest absolute Gasteiger partial charge is 0.194 e. The van der Waals surface area contributed by atoms with E-state index in [0.717, 1.165) is 74.9 Å². The number of morpholine rings is 1. The second kappa shape index (κ2) is 11.0.